The van der Waals surface area contributed by atoms with E-state index in [0.29, 0.717) is 0 Å². The lowest BCUT2D eigenvalue weighted by molar-refractivity contribution is -0.703. The third-order valence-electron chi connectivity index (χ3n) is 9.70. The van der Waals surface area contributed by atoms with Gasteiger partial charge in [0.1, 0.15) is 13.1 Å². The molecule has 2 aliphatic rings. The number of nitrogens with zero attached hydrogens (tertiary/aromatic N) is 2. The average molecular weight is 511 g/mol. The monoisotopic (exact) mass is 510 g/mol. The van der Waals surface area contributed by atoms with E-state index >= 15 is 0 Å². The van der Waals surface area contributed by atoms with Crippen LogP contribution in [0.15, 0.2) is 36.7 Å². The molecule has 5 rings (SSSR count). The van der Waals surface area contributed by atoms with E-state index in [9.17, 15) is 0 Å². The van der Waals surface area contributed by atoms with Crippen LogP contribution in [0.25, 0.3) is 22.3 Å². The highest BCUT2D eigenvalue weighted by molar-refractivity contribution is 5.89. The maximum atomic E-state index is 2.56. The Balaban J connectivity index is 1.54. The first-order valence-corrected chi connectivity index (χ1v) is 15.4. The van der Waals surface area contributed by atoms with Crippen LogP contribution in [0.5, 0.6) is 0 Å². The molecule has 0 fully saturated rings. The fourth-order valence-electron chi connectivity index (χ4n) is 7.10. The summed E-state index contributed by atoms with van der Waals surface area (Å²) in [6.45, 7) is 21.1. The first-order chi connectivity index (χ1) is 18.1. The van der Waals surface area contributed by atoms with Gasteiger partial charge < -0.3 is 0 Å². The molecule has 0 spiro atoms. The molecule has 0 atom stereocenters. The Kier molecular flexibility index (Phi) is 7.31. The van der Waals surface area contributed by atoms with Gasteiger partial charge in [0, 0.05) is 60.8 Å². The van der Waals surface area contributed by atoms with Crippen molar-refractivity contribution < 1.29 is 9.13 Å². The van der Waals surface area contributed by atoms with Gasteiger partial charge in [0.2, 0.25) is 0 Å². The maximum absolute atomic E-state index is 2.56. The number of benzene rings is 1. The first-order valence-electron chi connectivity index (χ1n) is 15.4. The summed E-state index contributed by atoms with van der Waals surface area (Å²) in [6.07, 6.45) is 15.4. The van der Waals surface area contributed by atoms with E-state index in [1.165, 1.54) is 107 Å². The fourth-order valence-corrected chi connectivity index (χ4v) is 7.10. The van der Waals surface area contributed by atoms with Gasteiger partial charge in [0.25, 0.3) is 0 Å². The fraction of sp³-hybridized carbons (Fsp3) is 0.556. The topological polar surface area (TPSA) is 7.76 Å². The number of pyridine rings is 2. The molecule has 2 nitrogen and oxygen atoms in total. The Bertz CT molecular complexity index is 1250. The van der Waals surface area contributed by atoms with E-state index in [4.69, 9.17) is 0 Å². The highest BCUT2D eigenvalue weighted by Gasteiger charge is 2.44. The standard InChI is InChI=1S/C36H50N2/c1-9-11-13-15-17-37-23-33-27(19-25(37)3)29-21-32-30(22-31(29)35(33,5)6)28-20-26(4)38(18-16-14-12-10-2)24-34(28)36(32,7)8/h19-24H,9-18H2,1-8H3/q+2. The third-order valence-corrected chi connectivity index (χ3v) is 9.70. The lowest BCUT2D eigenvalue weighted by Gasteiger charge is -2.23. The second-order valence-electron chi connectivity index (χ2n) is 13.2. The highest BCUT2D eigenvalue weighted by atomic mass is 15.0. The van der Waals surface area contributed by atoms with Gasteiger partial charge in [-0.15, -0.1) is 0 Å². The van der Waals surface area contributed by atoms with E-state index < -0.39 is 0 Å². The summed E-state index contributed by atoms with van der Waals surface area (Å²) in [7, 11) is 0. The van der Waals surface area contributed by atoms with Crippen LogP contribution in [-0.2, 0) is 23.9 Å². The van der Waals surface area contributed by atoms with Gasteiger partial charge in [-0.25, -0.2) is 9.13 Å². The lowest BCUT2D eigenvalue weighted by atomic mass is 9.79. The van der Waals surface area contributed by atoms with Crippen molar-refractivity contribution >= 4 is 0 Å². The maximum Gasteiger partial charge on any atom is 0.178 e. The smallest absolute Gasteiger partial charge is 0.178 e. The molecule has 1 aromatic carbocycles. The van der Waals surface area contributed by atoms with Crippen LogP contribution in [0.1, 0.15) is 127 Å². The van der Waals surface area contributed by atoms with E-state index in [-0.39, 0.29) is 10.8 Å². The van der Waals surface area contributed by atoms with Crippen LogP contribution in [0, 0.1) is 13.8 Å². The number of aromatic nitrogens is 2. The van der Waals surface area contributed by atoms with Crippen LogP contribution in [0.2, 0.25) is 0 Å². The Morgan fingerprint density at radius 2 is 0.868 bits per heavy atom. The van der Waals surface area contributed by atoms with Crippen molar-refractivity contribution in [2.45, 2.75) is 131 Å². The summed E-state index contributed by atoms with van der Waals surface area (Å²) in [5.74, 6) is 0. The van der Waals surface area contributed by atoms with Gasteiger partial charge in [-0.2, -0.15) is 0 Å². The number of unbranched alkanes of at least 4 members (excludes halogenated alkanes) is 6. The summed E-state index contributed by atoms with van der Waals surface area (Å²) in [6, 6.07) is 10.1. The Morgan fingerprint density at radius 3 is 1.24 bits per heavy atom. The molecule has 2 heterocycles. The zero-order chi connectivity index (χ0) is 27.2. The summed E-state index contributed by atoms with van der Waals surface area (Å²) in [5, 5.41) is 0. The Hall–Kier alpha value is -2.48. The van der Waals surface area contributed by atoms with Gasteiger partial charge in [-0.3, -0.25) is 0 Å². The SMILES string of the molecule is CCCCCC[n+]1cc2c(cc1C)-c1cc3c(cc1C2(C)C)-c1cc(C)[n+](CCCCCC)cc1C3(C)C. The molecular formula is C36H50N2+2. The third kappa shape index (κ3) is 4.42. The Morgan fingerprint density at radius 1 is 0.500 bits per heavy atom. The molecule has 0 bridgehead atoms. The number of fused-ring (bicyclic) bond motifs is 6. The molecule has 2 aliphatic carbocycles. The van der Waals surface area contributed by atoms with Gasteiger partial charge in [-0.05, 0) is 58.4 Å². The molecule has 0 saturated carbocycles. The molecule has 38 heavy (non-hydrogen) atoms. The molecule has 0 radical (unpaired) electrons. The first kappa shape index (κ1) is 27.1. The van der Waals surface area contributed by atoms with Crippen molar-refractivity contribution in [1.82, 2.24) is 0 Å². The van der Waals surface area contributed by atoms with Crippen LogP contribution < -0.4 is 9.13 Å². The minimum absolute atomic E-state index is 0.00841. The van der Waals surface area contributed by atoms with Crippen molar-refractivity contribution in [2.75, 3.05) is 0 Å². The number of rotatable bonds is 10. The molecule has 202 valence electrons. The van der Waals surface area contributed by atoms with Gasteiger partial charge in [-0.1, -0.05) is 67.2 Å². The second-order valence-corrected chi connectivity index (χ2v) is 13.2. The zero-order valence-electron chi connectivity index (χ0n) is 25.4. The quantitative estimate of drug-likeness (QED) is 0.190. The number of hydrogen-bond acceptors (Lipinski definition) is 0. The average Bonchev–Trinajstić information content (AvgIpc) is 3.22. The minimum atomic E-state index is 0.00841. The number of aryl methyl sites for hydroxylation is 4. The molecule has 0 unspecified atom stereocenters. The van der Waals surface area contributed by atoms with Crippen molar-refractivity contribution in [1.29, 1.82) is 0 Å². The molecule has 0 saturated heterocycles. The predicted molar refractivity (Wildman–Crippen MR) is 160 cm³/mol. The zero-order valence-corrected chi connectivity index (χ0v) is 25.4. The van der Waals surface area contributed by atoms with Crippen LogP contribution in [0.3, 0.4) is 0 Å². The molecule has 0 aliphatic heterocycles. The summed E-state index contributed by atoms with van der Waals surface area (Å²) >= 11 is 0. The molecule has 2 heteroatoms. The highest BCUT2D eigenvalue weighted by Crippen LogP contribution is 2.55. The van der Waals surface area contributed by atoms with Crippen molar-refractivity contribution in [3.63, 3.8) is 0 Å². The molecular weight excluding hydrogens is 460 g/mol. The van der Waals surface area contributed by atoms with Crippen molar-refractivity contribution in [3.8, 4) is 22.3 Å². The van der Waals surface area contributed by atoms with Gasteiger partial charge >= 0.3 is 0 Å². The van der Waals surface area contributed by atoms with E-state index in [1.807, 2.05) is 0 Å². The summed E-state index contributed by atoms with van der Waals surface area (Å²) in [4.78, 5) is 0. The van der Waals surface area contributed by atoms with Gasteiger partial charge in [0.15, 0.2) is 23.8 Å². The van der Waals surface area contributed by atoms with E-state index in [0.717, 1.165) is 13.1 Å². The van der Waals surface area contributed by atoms with Crippen LogP contribution in [0.4, 0.5) is 0 Å². The molecule has 0 N–H and O–H groups in total. The lowest BCUT2D eigenvalue weighted by Crippen LogP contribution is -2.38. The van der Waals surface area contributed by atoms with Crippen LogP contribution >= 0.6 is 0 Å². The van der Waals surface area contributed by atoms with Crippen molar-refractivity contribution in [3.05, 3.63) is 70.3 Å². The minimum Gasteiger partial charge on any atom is -0.202 e. The molecule has 0 amide bonds. The predicted octanol–water partition coefficient (Wildman–Crippen LogP) is 8.65. The molecule has 2 aromatic heterocycles. The van der Waals surface area contributed by atoms with Crippen molar-refractivity contribution in [2.24, 2.45) is 0 Å². The van der Waals surface area contributed by atoms with E-state index in [2.05, 4.69) is 101 Å². The largest absolute Gasteiger partial charge is 0.202 e. The van der Waals surface area contributed by atoms with E-state index in [1.54, 1.807) is 0 Å². The molecule has 3 aromatic rings. The second kappa shape index (κ2) is 10.2. The van der Waals surface area contributed by atoms with Crippen LogP contribution in [-0.4, -0.2) is 0 Å². The Labute approximate surface area is 232 Å². The summed E-state index contributed by atoms with van der Waals surface area (Å²) < 4.78 is 5.02. The summed E-state index contributed by atoms with van der Waals surface area (Å²) in [5.41, 5.74) is 14.5. The normalized spacial score (nSPS) is 15.8. The van der Waals surface area contributed by atoms with Gasteiger partial charge in [0.05, 0.1) is 0 Å². The number of hydrogen-bond donors (Lipinski definition) is 0.